The summed E-state index contributed by atoms with van der Waals surface area (Å²) in [5.41, 5.74) is 2.30. The molecule has 2 aromatic carbocycles. The highest BCUT2D eigenvalue weighted by Crippen LogP contribution is 2.35. The van der Waals surface area contributed by atoms with Gasteiger partial charge in [0.25, 0.3) is 0 Å². The van der Waals surface area contributed by atoms with Gasteiger partial charge in [-0.2, -0.15) is 10.2 Å². The van der Waals surface area contributed by atoms with E-state index in [1.54, 1.807) is 7.11 Å². The fourth-order valence-electron chi connectivity index (χ4n) is 2.04. The third-order valence-corrected chi connectivity index (χ3v) is 4.20. The molecule has 3 rings (SSSR count). The van der Waals surface area contributed by atoms with Crippen molar-refractivity contribution in [2.24, 2.45) is 0 Å². The Morgan fingerprint density at radius 1 is 1.17 bits per heavy atom. The smallest absolute Gasteiger partial charge is 0.228 e. The highest BCUT2D eigenvalue weighted by atomic mass is 32.2. The average Bonchev–Trinajstić information content (AvgIpc) is 2.98. The van der Waals surface area contributed by atoms with E-state index in [0.717, 1.165) is 21.8 Å². The van der Waals surface area contributed by atoms with E-state index < -0.39 is 0 Å². The molecule has 0 spiro atoms. The van der Waals surface area contributed by atoms with E-state index in [2.05, 4.69) is 11.1 Å². The normalized spacial score (nSPS) is 10.3. The number of methoxy groups -OCH3 is 1. The Morgan fingerprint density at radius 3 is 2.65 bits per heavy atom. The van der Waals surface area contributed by atoms with Gasteiger partial charge >= 0.3 is 0 Å². The Bertz CT molecular complexity index is 863. The van der Waals surface area contributed by atoms with Crippen molar-refractivity contribution >= 4 is 11.8 Å². The van der Waals surface area contributed by atoms with Gasteiger partial charge in [0.1, 0.15) is 11.8 Å². The molecule has 0 fully saturated rings. The molecule has 0 atom stereocenters. The van der Waals surface area contributed by atoms with Gasteiger partial charge in [0, 0.05) is 10.5 Å². The molecule has 1 heterocycles. The molecule has 23 heavy (non-hydrogen) atoms. The largest absolute Gasteiger partial charge is 0.497 e. The first kappa shape index (κ1) is 15.2. The van der Waals surface area contributed by atoms with Crippen LogP contribution < -0.4 is 4.74 Å². The first-order chi connectivity index (χ1) is 11.2. The highest BCUT2D eigenvalue weighted by molar-refractivity contribution is 7.99. The van der Waals surface area contributed by atoms with E-state index in [1.165, 1.54) is 11.8 Å². The first-order valence-electron chi connectivity index (χ1n) is 6.99. The van der Waals surface area contributed by atoms with E-state index >= 15 is 0 Å². The summed E-state index contributed by atoms with van der Waals surface area (Å²) in [6.45, 7) is 2.02. The molecule has 0 N–H and O–H groups in total. The van der Waals surface area contributed by atoms with Crippen LogP contribution in [-0.4, -0.2) is 12.1 Å². The molecule has 1 aromatic heterocycles. The molecule has 0 aliphatic carbocycles. The summed E-state index contributed by atoms with van der Waals surface area (Å²) >= 11 is 1.36. The van der Waals surface area contributed by atoms with Crippen LogP contribution in [0.3, 0.4) is 0 Å². The average molecular weight is 322 g/mol. The van der Waals surface area contributed by atoms with E-state index in [4.69, 9.17) is 9.15 Å². The Hall–Kier alpha value is -2.71. The zero-order chi connectivity index (χ0) is 16.2. The fourth-order valence-corrected chi connectivity index (χ4v) is 2.88. The molecule has 0 aliphatic rings. The molecule has 0 amide bonds. The minimum absolute atomic E-state index is 0.286. The van der Waals surface area contributed by atoms with Crippen molar-refractivity contribution in [3.05, 3.63) is 59.8 Å². The van der Waals surface area contributed by atoms with Crippen LogP contribution in [-0.2, 0) is 0 Å². The second-order valence-electron chi connectivity index (χ2n) is 4.91. The number of nitriles is 1. The monoisotopic (exact) mass is 322 g/mol. The minimum atomic E-state index is 0.286. The molecule has 4 nitrogen and oxygen atoms in total. The van der Waals surface area contributed by atoms with Gasteiger partial charge in [0.2, 0.25) is 11.0 Å². The Kier molecular flexibility index (Phi) is 4.35. The maximum atomic E-state index is 9.29. The van der Waals surface area contributed by atoms with Gasteiger partial charge in [-0.1, -0.05) is 23.8 Å². The van der Waals surface area contributed by atoms with Crippen molar-refractivity contribution in [3.8, 4) is 23.3 Å². The van der Waals surface area contributed by atoms with Crippen molar-refractivity contribution in [1.29, 1.82) is 5.26 Å². The van der Waals surface area contributed by atoms with Gasteiger partial charge < -0.3 is 9.15 Å². The lowest BCUT2D eigenvalue weighted by Gasteiger charge is -2.02. The van der Waals surface area contributed by atoms with Crippen LogP contribution in [0.25, 0.3) is 11.5 Å². The van der Waals surface area contributed by atoms with E-state index in [1.807, 2.05) is 55.5 Å². The van der Waals surface area contributed by atoms with E-state index in [-0.39, 0.29) is 5.69 Å². The second kappa shape index (κ2) is 6.59. The Morgan fingerprint density at radius 2 is 1.96 bits per heavy atom. The lowest BCUT2D eigenvalue weighted by Crippen LogP contribution is -1.82. The van der Waals surface area contributed by atoms with Crippen LogP contribution in [0.15, 0.2) is 62.9 Å². The predicted octanol–water partition coefficient (Wildman–Crippen LogP) is 4.68. The van der Waals surface area contributed by atoms with Gasteiger partial charge in [0.05, 0.1) is 7.11 Å². The molecule has 114 valence electrons. The van der Waals surface area contributed by atoms with Crippen LogP contribution in [0.5, 0.6) is 5.75 Å². The van der Waals surface area contributed by atoms with Crippen molar-refractivity contribution in [2.45, 2.75) is 16.9 Å². The molecule has 0 unspecified atom stereocenters. The number of ether oxygens (including phenoxy) is 1. The molecular formula is C18H14N2O2S. The summed E-state index contributed by atoms with van der Waals surface area (Å²) in [7, 11) is 1.62. The summed E-state index contributed by atoms with van der Waals surface area (Å²) in [5, 5.41) is 9.77. The zero-order valence-corrected chi connectivity index (χ0v) is 13.6. The van der Waals surface area contributed by atoms with Gasteiger partial charge in [-0.15, -0.1) is 0 Å². The minimum Gasteiger partial charge on any atom is -0.497 e. The Balaban J connectivity index is 1.93. The van der Waals surface area contributed by atoms with Crippen LogP contribution in [0.2, 0.25) is 0 Å². The molecule has 0 saturated heterocycles. The number of rotatable bonds is 4. The number of oxazole rings is 1. The number of aromatic nitrogens is 1. The maximum Gasteiger partial charge on any atom is 0.228 e. The number of aryl methyl sites for hydroxylation is 1. The fraction of sp³-hybridized carbons (Fsp3) is 0.111. The van der Waals surface area contributed by atoms with Crippen molar-refractivity contribution in [2.75, 3.05) is 7.11 Å². The van der Waals surface area contributed by atoms with Gasteiger partial charge in [-0.3, -0.25) is 0 Å². The zero-order valence-electron chi connectivity index (χ0n) is 12.7. The third-order valence-electron chi connectivity index (χ3n) is 3.25. The molecule has 5 heteroatoms. The highest BCUT2D eigenvalue weighted by Gasteiger charge is 2.16. The van der Waals surface area contributed by atoms with Gasteiger partial charge in [0.15, 0.2) is 5.69 Å². The molecule has 0 aliphatic heterocycles. The quantitative estimate of drug-likeness (QED) is 0.698. The predicted molar refractivity (Wildman–Crippen MR) is 88.5 cm³/mol. The number of hydrogen-bond donors (Lipinski definition) is 0. The van der Waals surface area contributed by atoms with E-state index in [9.17, 15) is 5.26 Å². The van der Waals surface area contributed by atoms with Gasteiger partial charge in [-0.25, -0.2) is 0 Å². The first-order valence-corrected chi connectivity index (χ1v) is 7.81. The van der Waals surface area contributed by atoms with Crippen LogP contribution in [0, 0.1) is 18.3 Å². The standard InChI is InChI=1S/C18H14N2O2S/c1-12-6-8-13(9-7-12)17-20-16(11-19)18(22-17)23-15-5-3-4-14(10-15)21-2/h3-10H,1-2H3. The number of benzene rings is 2. The maximum absolute atomic E-state index is 9.29. The van der Waals surface area contributed by atoms with Gasteiger partial charge in [-0.05, 0) is 49.0 Å². The SMILES string of the molecule is COc1cccc(Sc2oc(-c3ccc(C)cc3)nc2C#N)c1. The number of nitrogens with zero attached hydrogens (tertiary/aromatic N) is 2. The van der Waals surface area contributed by atoms with Crippen LogP contribution in [0.4, 0.5) is 0 Å². The van der Waals surface area contributed by atoms with Crippen molar-refractivity contribution < 1.29 is 9.15 Å². The van der Waals surface area contributed by atoms with Crippen molar-refractivity contribution in [1.82, 2.24) is 4.98 Å². The molecule has 3 aromatic rings. The van der Waals surface area contributed by atoms with E-state index in [0.29, 0.717) is 11.0 Å². The lowest BCUT2D eigenvalue weighted by atomic mass is 10.1. The molecule has 0 bridgehead atoms. The molecule has 0 radical (unpaired) electrons. The summed E-state index contributed by atoms with van der Waals surface area (Å²) in [6.07, 6.45) is 0. The summed E-state index contributed by atoms with van der Waals surface area (Å²) < 4.78 is 11.0. The lowest BCUT2D eigenvalue weighted by molar-refractivity contribution is 0.413. The third kappa shape index (κ3) is 3.38. The van der Waals surface area contributed by atoms with Crippen molar-refractivity contribution in [3.63, 3.8) is 0 Å². The topological polar surface area (TPSA) is 59.1 Å². The summed E-state index contributed by atoms with van der Waals surface area (Å²) in [5.74, 6) is 1.21. The summed E-state index contributed by atoms with van der Waals surface area (Å²) in [4.78, 5) is 5.21. The Labute approximate surface area is 138 Å². The van der Waals surface area contributed by atoms with Crippen LogP contribution >= 0.6 is 11.8 Å². The van der Waals surface area contributed by atoms with Crippen LogP contribution in [0.1, 0.15) is 11.3 Å². The second-order valence-corrected chi connectivity index (χ2v) is 5.96. The molecule has 0 saturated carbocycles. The summed E-state index contributed by atoms with van der Waals surface area (Å²) in [6, 6.07) is 17.5. The molecular weight excluding hydrogens is 308 g/mol. The number of hydrogen-bond acceptors (Lipinski definition) is 5.